The highest BCUT2D eigenvalue weighted by Gasteiger charge is 2.17. The van der Waals surface area contributed by atoms with Crippen LogP contribution in [0.1, 0.15) is 10.5 Å². The van der Waals surface area contributed by atoms with Gasteiger partial charge in [0.05, 0.1) is 12.0 Å². The van der Waals surface area contributed by atoms with E-state index >= 15 is 0 Å². The van der Waals surface area contributed by atoms with E-state index in [0.717, 1.165) is 0 Å². The summed E-state index contributed by atoms with van der Waals surface area (Å²) >= 11 is 0. The minimum atomic E-state index is -1.11. The highest BCUT2D eigenvalue weighted by Crippen LogP contribution is 2.26. The first-order valence-corrected chi connectivity index (χ1v) is 5.21. The Balaban J connectivity index is 2.23. The van der Waals surface area contributed by atoms with Gasteiger partial charge in [0.1, 0.15) is 11.5 Å². The lowest BCUT2D eigenvalue weighted by Crippen LogP contribution is -1.99. The maximum absolute atomic E-state index is 13.5. The average Bonchev–Trinajstić information content (AvgIpc) is 2.95. The Kier molecular flexibility index (Phi) is 2.16. The van der Waals surface area contributed by atoms with Crippen LogP contribution < -0.4 is 0 Å². The number of aromatic carboxylic acids is 1. The van der Waals surface area contributed by atoms with Crippen molar-refractivity contribution in [3.05, 3.63) is 42.1 Å². The SMILES string of the molecule is O=C(O)c1[nH]cnc1-c1cc2c(F)cccc2[nH]1. The molecule has 18 heavy (non-hydrogen) atoms. The molecule has 0 atom stereocenters. The molecule has 0 spiro atoms. The van der Waals surface area contributed by atoms with Gasteiger partial charge < -0.3 is 15.1 Å². The van der Waals surface area contributed by atoms with Gasteiger partial charge in [-0.25, -0.2) is 14.2 Å². The summed E-state index contributed by atoms with van der Waals surface area (Å²) in [4.78, 5) is 20.4. The standard InChI is InChI=1S/C12H8FN3O2/c13-7-2-1-3-8-6(7)4-9(16-8)10-11(12(17)18)15-5-14-10/h1-5,16H,(H,14,15)(H,17,18). The third-order valence-electron chi connectivity index (χ3n) is 2.72. The van der Waals surface area contributed by atoms with Gasteiger partial charge in [-0.2, -0.15) is 0 Å². The van der Waals surface area contributed by atoms with Crippen LogP contribution in [-0.2, 0) is 0 Å². The van der Waals surface area contributed by atoms with Gasteiger partial charge in [0.2, 0.25) is 0 Å². The minimum Gasteiger partial charge on any atom is -0.477 e. The number of benzene rings is 1. The largest absolute Gasteiger partial charge is 0.477 e. The van der Waals surface area contributed by atoms with E-state index in [-0.39, 0.29) is 17.2 Å². The highest BCUT2D eigenvalue weighted by molar-refractivity contribution is 5.94. The molecule has 2 aromatic heterocycles. The normalized spacial score (nSPS) is 10.9. The van der Waals surface area contributed by atoms with Crippen molar-refractivity contribution in [2.75, 3.05) is 0 Å². The Morgan fingerprint density at radius 2 is 2.22 bits per heavy atom. The van der Waals surface area contributed by atoms with E-state index in [0.29, 0.717) is 16.6 Å². The molecule has 0 saturated carbocycles. The van der Waals surface area contributed by atoms with Crippen LogP contribution in [0.25, 0.3) is 22.3 Å². The van der Waals surface area contributed by atoms with Crippen molar-refractivity contribution in [3.63, 3.8) is 0 Å². The summed E-state index contributed by atoms with van der Waals surface area (Å²) in [6.45, 7) is 0. The number of carboxylic acids is 1. The van der Waals surface area contributed by atoms with E-state index in [1.807, 2.05) is 0 Å². The summed E-state index contributed by atoms with van der Waals surface area (Å²) in [5, 5.41) is 9.40. The van der Waals surface area contributed by atoms with Crippen LogP contribution in [0.4, 0.5) is 4.39 Å². The molecule has 3 aromatic rings. The van der Waals surface area contributed by atoms with Crippen molar-refractivity contribution in [2.24, 2.45) is 0 Å². The fraction of sp³-hybridized carbons (Fsp3) is 0. The van der Waals surface area contributed by atoms with Crippen LogP contribution in [0.15, 0.2) is 30.6 Å². The molecule has 0 aliphatic rings. The number of hydrogen-bond donors (Lipinski definition) is 3. The number of halogens is 1. The Bertz CT molecular complexity index is 745. The molecule has 5 nitrogen and oxygen atoms in total. The Morgan fingerprint density at radius 3 is 2.94 bits per heavy atom. The molecule has 3 N–H and O–H groups in total. The second-order valence-electron chi connectivity index (χ2n) is 3.82. The van der Waals surface area contributed by atoms with Gasteiger partial charge in [0.15, 0.2) is 5.69 Å². The zero-order valence-corrected chi connectivity index (χ0v) is 9.07. The Morgan fingerprint density at radius 1 is 1.39 bits per heavy atom. The first kappa shape index (κ1) is 10.5. The van der Waals surface area contributed by atoms with Gasteiger partial charge in [-0.3, -0.25) is 0 Å². The molecule has 2 heterocycles. The molecule has 0 unspecified atom stereocenters. The Labute approximate surface area is 100 Å². The predicted octanol–water partition coefficient (Wildman–Crippen LogP) is 2.40. The lowest BCUT2D eigenvalue weighted by molar-refractivity contribution is 0.0692. The summed E-state index contributed by atoms with van der Waals surface area (Å²) in [6.07, 6.45) is 1.29. The molecular formula is C12H8FN3O2. The molecule has 0 radical (unpaired) electrons. The number of rotatable bonds is 2. The molecule has 0 aliphatic carbocycles. The summed E-state index contributed by atoms with van der Waals surface area (Å²) in [5.41, 5.74) is 1.30. The third kappa shape index (κ3) is 1.46. The van der Waals surface area contributed by atoms with Crippen LogP contribution in [0.2, 0.25) is 0 Å². The average molecular weight is 245 g/mol. The van der Waals surface area contributed by atoms with Crippen molar-refractivity contribution in [1.29, 1.82) is 0 Å². The second-order valence-corrected chi connectivity index (χ2v) is 3.82. The number of nitrogens with one attached hydrogen (secondary N) is 2. The molecule has 0 fully saturated rings. The first-order chi connectivity index (χ1) is 8.66. The number of aromatic nitrogens is 3. The number of hydrogen-bond acceptors (Lipinski definition) is 2. The highest BCUT2D eigenvalue weighted by atomic mass is 19.1. The van der Waals surface area contributed by atoms with Gasteiger partial charge in [-0.1, -0.05) is 6.07 Å². The number of imidazole rings is 1. The second kappa shape index (κ2) is 3.69. The zero-order valence-electron chi connectivity index (χ0n) is 9.07. The molecule has 3 rings (SSSR count). The topological polar surface area (TPSA) is 81.8 Å². The van der Waals surface area contributed by atoms with E-state index in [9.17, 15) is 9.18 Å². The van der Waals surface area contributed by atoms with Gasteiger partial charge in [0.25, 0.3) is 0 Å². The molecule has 0 saturated heterocycles. The molecule has 6 heteroatoms. The number of H-pyrrole nitrogens is 2. The van der Waals surface area contributed by atoms with Crippen molar-refractivity contribution in [1.82, 2.24) is 15.0 Å². The first-order valence-electron chi connectivity index (χ1n) is 5.21. The van der Waals surface area contributed by atoms with E-state index in [1.165, 1.54) is 12.4 Å². The number of carboxylic acid groups (broad SMARTS) is 1. The van der Waals surface area contributed by atoms with Gasteiger partial charge in [-0.15, -0.1) is 0 Å². The van der Waals surface area contributed by atoms with E-state index in [1.54, 1.807) is 18.2 Å². The fourth-order valence-electron chi connectivity index (χ4n) is 1.91. The van der Waals surface area contributed by atoms with Gasteiger partial charge >= 0.3 is 5.97 Å². The summed E-state index contributed by atoms with van der Waals surface area (Å²) in [7, 11) is 0. The maximum Gasteiger partial charge on any atom is 0.354 e. The van der Waals surface area contributed by atoms with Crippen LogP contribution in [0.3, 0.4) is 0 Å². The summed E-state index contributed by atoms with van der Waals surface area (Å²) in [5.74, 6) is -1.47. The van der Waals surface area contributed by atoms with Crippen LogP contribution in [-0.4, -0.2) is 26.0 Å². The van der Waals surface area contributed by atoms with Gasteiger partial charge in [0, 0.05) is 10.9 Å². The molecule has 1 aromatic carbocycles. The number of fused-ring (bicyclic) bond motifs is 1. The van der Waals surface area contributed by atoms with Crippen molar-refractivity contribution in [3.8, 4) is 11.4 Å². The van der Waals surface area contributed by atoms with Gasteiger partial charge in [-0.05, 0) is 18.2 Å². The summed E-state index contributed by atoms with van der Waals surface area (Å²) < 4.78 is 13.5. The summed E-state index contributed by atoms with van der Waals surface area (Å²) in [6, 6.07) is 6.20. The fourth-order valence-corrected chi connectivity index (χ4v) is 1.91. The Hall–Kier alpha value is -2.63. The lowest BCUT2D eigenvalue weighted by atomic mass is 10.2. The molecule has 90 valence electrons. The van der Waals surface area contributed by atoms with Crippen LogP contribution in [0, 0.1) is 5.82 Å². The smallest absolute Gasteiger partial charge is 0.354 e. The minimum absolute atomic E-state index is 0.0260. The monoisotopic (exact) mass is 245 g/mol. The molecule has 0 amide bonds. The van der Waals surface area contributed by atoms with Crippen LogP contribution in [0.5, 0.6) is 0 Å². The molecular weight excluding hydrogens is 237 g/mol. The number of aromatic amines is 2. The van der Waals surface area contributed by atoms with Crippen molar-refractivity contribution < 1.29 is 14.3 Å². The maximum atomic E-state index is 13.5. The number of nitrogens with zero attached hydrogens (tertiary/aromatic N) is 1. The van der Waals surface area contributed by atoms with E-state index < -0.39 is 5.97 Å². The van der Waals surface area contributed by atoms with E-state index in [2.05, 4.69) is 15.0 Å². The van der Waals surface area contributed by atoms with E-state index in [4.69, 9.17) is 5.11 Å². The zero-order chi connectivity index (χ0) is 12.7. The number of carbonyl (C=O) groups is 1. The van der Waals surface area contributed by atoms with Crippen molar-refractivity contribution >= 4 is 16.9 Å². The van der Waals surface area contributed by atoms with Crippen molar-refractivity contribution in [2.45, 2.75) is 0 Å². The van der Waals surface area contributed by atoms with Crippen LogP contribution >= 0.6 is 0 Å². The predicted molar refractivity (Wildman–Crippen MR) is 62.8 cm³/mol. The molecule has 0 bridgehead atoms. The molecule has 0 aliphatic heterocycles. The quantitative estimate of drug-likeness (QED) is 0.648. The third-order valence-corrected chi connectivity index (χ3v) is 2.72. The lowest BCUT2D eigenvalue weighted by Gasteiger charge is -1.94.